The average molecular weight is 402 g/mol. The standard InChI is InChI=1S/C20H22N2O5S/c1-3-13-22(14-4-2)28(26,27)16-11-9-15(10-12-16)19(23)21-18-8-6-5-7-17(18)20(24)25/h3,5-12H,1,4,13-14H2,2H3,(H,21,23)(H,24,25). The third-order valence-corrected chi connectivity index (χ3v) is 5.85. The highest BCUT2D eigenvalue weighted by Gasteiger charge is 2.23. The van der Waals surface area contributed by atoms with E-state index >= 15 is 0 Å². The fourth-order valence-corrected chi connectivity index (χ4v) is 4.11. The second-order valence-electron chi connectivity index (χ2n) is 5.98. The first-order valence-electron chi connectivity index (χ1n) is 8.66. The summed E-state index contributed by atoms with van der Waals surface area (Å²) in [5.41, 5.74) is 0.344. The van der Waals surface area contributed by atoms with Crippen LogP contribution in [0.2, 0.25) is 0 Å². The second kappa shape index (κ2) is 9.29. The minimum Gasteiger partial charge on any atom is -0.478 e. The van der Waals surface area contributed by atoms with Gasteiger partial charge in [0.2, 0.25) is 10.0 Å². The molecule has 0 spiro atoms. The van der Waals surface area contributed by atoms with Crippen LogP contribution >= 0.6 is 0 Å². The van der Waals surface area contributed by atoms with Crippen molar-refractivity contribution in [1.82, 2.24) is 4.31 Å². The summed E-state index contributed by atoms with van der Waals surface area (Å²) in [4.78, 5) is 23.7. The Morgan fingerprint density at radius 1 is 1.14 bits per heavy atom. The Bertz CT molecular complexity index is 968. The third-order valence-electron chi connectivity index (χ3n) is 3.97. The lowest BCUT2D eigenvalue weighted by Gasteiger charge is -2.20. The molecular weight excluding hydrogens is 380 g/mol. The van der Waals surface area contributed by atoms with E-state index in [1.807, 2.05) is 6.92 Å². The van der Waals surface area contributed by atoms with Gasteiger partial charge in [-0.1, -0.05) is 25.1 Å². The monoisotopic (exact) mass is 402 g/mol. The summed E-state index contributed by atoms with van der Waals surface area (Å²) >= 11 is 0. The Hall–Kier alpha value is -2.97. The molecule has 2 aromatic rings. The van der Waals surface area contributed by atoms with Crippen LogP contribution < -0.4 is 5.32 Å². The molecule has 1 amide bonds. The van der Waals surface area contributed by atoms with E-state index in [0.717, 1.165) is 0 Å². The van der Waals surface area contributed by atoms with Gasteiger partial charge in [-0.25, -0.2) is 13.2 Å². The Labute approximate surface area is 164 Å². The maximum Gasteiger partial charge on any atom is 0.337 e. The summed E-state index contributed by atoms with van der Waals surface area (Å²) in [5, 5.41) is 11.7. The fraction of sp³-hybridized carbons (Fsp3) is 0.200. The van der Waals surface area contributed by atoms with Crippen LogP contribution in [0.25, 0.3) is 0 Å². The Kier molecular flexibility index (Phi) is 7.08. The van der Waals surface area contributed by atoms with E-state index < -0.39 is 21.9 Å². The molecule has 0 unspecified atom stereocenters. The molecule has 0 heterocycles. The predicted molar refractivity (Wildman–Crippen MR) is 107 cm³/mol. The highest BCUT2D eigenvalue weighted by molar-refractivity contribution is 7.89. The van der Waals surface area contributed by atoms with Crippen LogP contribution in [-0.4, -0.2) is 42.8 Å². The van der Waals surface area contributed by atoms with Crippen LogP contribution in [0.15, 0.2) is 66.1 Å². The number of rotatable bonds is 9. The van der Waals surface area contributed by atoms with Gasteiger partial charge in [-0.05, 0) is 42.8 Å². The molecule has 2 aromatic carbocycles. The quantitative estimate of drug-likeness (QED) is 0.627. The van der Waals surface area contributed by atoms with Crippen LogP contribution in [0.1, 0.15) is 34.1 Å². The Morgan fingerprint density at radius 3 is 2.36 bits per heavy atom. The molecule has 0 aliphatic carbocycles. The van der Waals surface area contributed by atoms with Gasteiger partial charge in [0.1, 0.15) is 0 Å². The first kappa shape index (κ1) is 21.3. The van der Waals surface area contributed by atoms with E-state index in [-0.39, 0.29) is 28.3 Å². The lowest BCUT2D eigenvalue weighted by atomic mass is 10.1. The maximum atomic E-state index is 12.7. The molecule has 2 N–H and O–H groups in total. The van der Waals surface area contributed by atoms with Crippen molar-refractivity contribution in [2.45, 2.75) is 18.2 Å². The van der Waals surface area contributed by atoms with Gasteiger partial charge in [0.05, 0.1) is 16.1 Å². The van der Waals surface area contributed by atoms with E-state index in [1.54, 1.807) is 12.1 Å². The van der Waals surface area contributed by atoms with E-state index in [0.29, 0.717) is 13.0 Å². The fourth-order valence-electron chi connectivity index (χ4n) is 2.60. The van der Waals surface area contributed by atoms with E-state index in [4.69, 9.17) is 0 Å². The molecule has 7 nitrogen and oxygen atoms in total. The van der Waals surface area contributed by atoms with Crippen molar-refractivity contribution in [3.05, 3.63) is 72.3 Å². The molecule has 0 aliphatic heterocycles. The average Bonchev–Trinajstić information content (AvgIpc) is 2.68. The number of nitrogens with zero attached hydrogens (tertiary/aromatic N) is 1. The van der Waals surface area contributed by atoms with Crippen molar-refractivity contribution >= 4 is 27.6 Å². The van der Waals surface area contributed by atoms with Gasteiger partial charge >= 0.3 is 5.97 Å². The van der Waals surface area contributed by atoms with Gasteiger partial charge in [-0.3, -0.25) is 4.79 Å². The summed E-state index contributed by atoms with van der Waals surface area (Å²) in [5.74, 6) is -1.69. The number of amides is 1. The Morgan fingerprint density at radius 2 is 1.79 bits per heavy atom. The number of benzene rings is 2. The number of sulfonamides is 1. The van der Waals surface area contributed by atoms with Crippen molar-refractivity contribution in [2.24, 2.45) is 0 Å². The van der Waals surface area contributed by atoms with Crippen LogP contribution in [-0.2, 0) is 10.0 Å². The van der Waals surface area contributed by atoms with Gasteiger partial charge in [-0.15, -0.1) is 6.58 Å². The molecule has 28 heavy (non-hydrogen) atoms. The second-order valence-corrected chi connectivity index (χ2v) is 7.92. The zero-order valence-electron chi connectivity index (χ0n) is 15.5. The van der Waals surface area contributed by atoms with Crippen LogP contribution in [0.4, 0.5) is 5.69 Å². The predicted octanol–water partition coefficient (Wildman–Crippen LogP) is 3.22. The molecule has 0 saturated heterocycles. The molecule has 0 atom stereocenters. The first-order valence-corrected chi connectivity index (χ1v) is 10.1. The van der Waals surface area contributed by atoms with Crippen LogP contribution in [0.5, 0.6) is 0 Å². The molecular formula is C20H22N2O5S. The highest BCUT2D eigenvalue weighted by atomic mass is 32.2. The molecule has 0 radical (unpaired) electrons. The number of hydrogen-bond acceptors (Lipinski definition) is 4. The van der Waals surface area contributed by atoms with Gasteiger partial charge in [0, 0.05) is 18.7 Å². The molecule has 0 bridgehead atoms. The molecule has 0 aromatic heterocycles. The van der Waals surface area contributed by atoms with Gasteiger partial charge < -0.3 is 10.4 Å². The molecule has 0 saturated carbocycles. The number of carbonyl (C=O) groups is 2. The zero-order chi connectivity index (χ0) is 20.7. The minimum atomic E-state index is -3.69. The van der Waals surface area contributed by atoms with E-state index in [9.17, 15) is 23.1 Å². The first-order chi connectivity index (χ1) is 13.3. The number of aromatic carboxylic acids is 1. The number of hydrogen-bond donors (Lipinski definition) is 2. The van der Waals surface area contributed by atoms with Gasteiger partial charge in [0.25, 0.3) is 5.91 Å². The lowest BCUT2D eigenvalue weighted by Crippen LogP contribution is -2.32. The number of carboxylic acids is 1. The zero-order valence-corrected chi connectivity index (χ0v) is 16.3. The maximum absolute atomic E-state index is 12.7. The molecule has 2 rings (SSSR count). The van der Waals surface area contributed by atoms with Crippen molar-refractivity contribution in [3.8, 4) is 0 Å². The van der Waals surface area contributed by atoms with Crippen molar-refractivity contribution in [2.75, 3.05) is 18.4 Å². The lowest BCUT2D eigenvalue weighted by molar-refractivity contribution is 0.0698. The summed E-state index contributed by atoms with van der Waals surface area (Å²) in [6.07, 6.45) is 2.19. The Balaban J connectivity index is 2.23. The molecule has 0 fully saturated rings. The van der Waals surface area contributed by atoms with E-state index in [1.165, 1.54) is 46.8 Å². The summed E-state index contributed by atoms with van der Waals surface area (Å²) in [6, 6.07) is 11.5. The largest absolute Gasteiger partial charge is 0.478 e. The summed E-state index contributed by atoms with van der Waals surface area (Å²) in [6.45, 7) is 6.03. The summed E-state index contributed by atoms with van der Waals surface area (Å²) in [7, 11) is -3.69. The molecule has 8 heteroatoms. The SMILES string of the molecule is C=CCN(CCC)S(=O)(=O)c1ccc(C(=O)Nc2ccccc2C(=O)O)cc1. The smallest absolute Gasteiger partial charge is 0.337 e. The topological polar surface area (TPSA) is 104 Å². The van der Waals surface area contributed by atoms with Gasteiger partial charge in [0.15, 0.2) is 0 Å². The van der Waals surface area contributed by atoms with Crippen molar-refractivity contribution in [3.63, 3.8) is 0 Å². The molecule has 148 valence electrons. The number of para-hydroxylation sites is 1. The number of nitrogens with one attached hydrogen (secondary N) is 1. The van der Waals surface area contributed by atoms with Crippen LogP contribution in [0.3, 0.4) is 0 Å². The minimum absolute atomic E-state index is 0.0327. The normalized spacial score (nSPS) is 11.2. The van der Waals surface area contributed by atoms with Gasteiger partial charge in [-0.2, -0.15) is 4.31 Å². The van der Waals surface area contributed by atoms with Crippen LogP contribution in [0, 0.1) is 0 Å². The number of carbonyl (C=O) groups excluding carboxylic acids is 1. The van der Waals surface area contributed by atoms with Crippen molar-refractivity contribution < 1.29 is 23.1 Å². The number of anilines is 1. The van der Waals surface area contributed by atoms with Crippen molar-refractivity contribution in [1.29, 1.82) is 0 Å². The number of carboxylic acid groups (broad SMARTS) is 1. The van der Waals surface area contributed by atoms with E-state index in [2.05, 4.69) is 11.9 Å². The summed E-state index contributed by atoms with van der Waals surface area (Å²) < 4.78 is 26.8. The molecule has 0 aliphatic rings. The highest BCUT2D eigenvalue weighted by Crippen LogP contribution is 2.19. The third kappa shape index (κ3) is 4.85.